The molecule has 0 saturated carbocycles. The molecule has 0 fully saturated rings. The molecule has 5 nitrogen and oxygen atoms in total. The number of carbonyl (C=O) groups excluding carboxylic acids is 1. The second-order valence-corrected chi connectivity index (χ2v) is 2.51. The fourth-order valence-corrected chi connectivity index (χ4v) is 0.850. The Morgan fingerprint density at radius 3 is 1.82 bits per heavy atom. The van der Waals surface area contributed by atoms with Gasteiger partial charge in [0.1, 0.15) is 0 Å². The van der Waals surface area contributed by atoms with Crippen LogP contribution in [0, 0.1) is 24.7 Å². The van der Waals surface area contributed by atoms with Crippen LogP contribution in [0.1, 0.15) is 12.8 Å². The SMILES string of the molecule is C#CCN(CC#C)C(=O)CCC[NH-].O.O.[Y].[Y]. The van der Waals surface area contributed by atoms with E-state index in [1.54, 1.807) is 0 Å². The number of nitrogens with one attached hydrogen (secondary N) is 1. The van der Waals surface area contributed by atoms with Gasteiger partial charge in [0.2, 0.25) is 5.91 Å². The van der Waals surface area contributed by atoms with E-state index < -0.39 is 0 Å². The summed E-state index contributed by atoms with van der Waals surface area (Å²) in [6.45, 7) is 0.758. The maximum Gasteiger partial charge on any atom is 0.224 e. The molecule has 2 radical (unpaired) electrons. The molecule has 0 aliphatic rings. The van der Waals surface area contributed by atoms with Crippen molar-refractivity contribution < 1.29 is 81.2 Å². The van der Waals surface area contributed by atoms with Crippen LogP contribution in [-0.2, 0) is 70.2 Å². The topological polar surface area (TPSA) is 107 Å². The summed E-state index contributed by atoms with van der Waals surface area (Å²) in [4.78, 5) is 12.8. The van der Waals surface area contributed by atoms with E-state index in [9.17, 15) is 4.79 Å². The van der Waals surface area contributed by atoms with Gasteiger partial charge in [-0.15, -0.1) is 12.8 Å². The molecular weight excluding hydrogens is 374 g/mol. The minimum Gasteiger partial charge on any atom is -0.677 e. The Hall–Kier alpha value is 0.678. The Morgan fingerprint density at radius 1 is 1.12 bits per heavy atom. The van der Waals surface area contributed by atoms with Crippen molar-refractivity contribution in [2.24, 2.45) is 0 Å². The number of nitrogens with zero attached hydrogens (tertiary/aromatic N) is 1. The van der Waals surface area contributed by atoms with Crippen molar-refractivity contribution in [3.63, 3.8) is 0 Å². The first-order chi connectivity index (χ1) is 6.26. The zero-order chi connectivity index (χ0) is 10.1. The van der Waals surface area contributed by atoms with Crippen LogP contribution in [0.3, 0.4) is 0 Å². The molecule has 0 atom stereocenters. The molecular formula is C10H17N2O3Y2-. The number of hydrogen-bond acceptors (Lipinski definition) is 1. The minimum atomic E-state index is -0.0665. The molecule has 0 aromatic heterocycles. The van der Waals surface area contributed by atoms with Gasteiger partial charge in [0.15, 0.2) is 0 Å². The average Bonchev–Trinajstić information content (AvgIpc) is 2.14. The van der Waals surface area contributed by atoms with Crippen LogP contribution >= 0.6 is 0 Å². The third-order valence-electron chi connectivity index (χ3n) is 1.48. The normalized spacial score (nSPS) is 6.53. The Bertz CT molecular complexity index is 233. The molecule has 92 valence electrons. The summed E-state index contributed by atoms with van der Waals surface area (Å²) in [5, 5.41) is 0. The summed E-state index contributed by atoms with van der Waals surface area (Å²) >= 11 is 0. The Kier molecular flexibility index (Phi) is 39.4. The second-order valence-electron chi connectivity index (χ2n) is 2.51. The van der Waals surface area contributed by atoms with Crippen LogP contribution in [0.2, 0.25) is 0 Å². The fraction of sp³-hybridized carbons (Fsp3) is 0.500. The van der Waals surface area contributed by atoms with Gasteiger partial charge in [-0.3, -0.25) is 4.79 Å². The van der Waals surface area contributed by atoms with Gasteiger partial charge in [0, 0.05) is 71.8 Å². The van der Waals surface area contributed by atoms with Gasteiger partial charge in [0.05, 0.1) is 13.1 Å². The molecule has 0 spiro atoms. The van der Waals surface area contributed by atoms with Crippen LogP contribution in [0.25, 0.3) is 5.73 Å². The van der Waals surface area contributed by atoms with E-state index in [1.807, 2.05) is 0 Å². The van der Waals surface area contributed by atoms with Crippen LogP contribution in [0.5, 0.6) is 0 Å². The van der Waals surface area contributed by atoms with Gasteiger partial charge in [-0.2, -0.15) is 6.54 Å². The van der Waals surface area contributed by atoms with E-state index >= 15 is 0 Å². The third kappa shape index (κ3) is 16.7. The van der Waals surface area contributed by atoms with Crippen LogP contribution in [-0.4, -0.2) is 41.4 Å². The molecule has 0 saturated heterocycles. The van der Waals surface area contributed by atoms with Crippen molar-refractivity contribution >= 4 is 5.91 Å². The van der Waals surface area contributed by atoms with Crippen molar-refractivity contribution in [1.29, 1.82) is 0 Å². The zero-order valence-corrected chi connectivity index (χ0v) is 15.4. The fourth-order valence-electron chi connectivity index (χ4n) is 0.850. The largest absolute Gasteiger partial charge is 0.677 e. The molecule has 0 bridgehead atoms. The van der Waals surface area contributed by atoms with Crippen molar-refractivity contribution in [2.75, 3.05) is 19.6 Å². The van der Waals surface area contributed by atoms with Gasteiger partial charge in [-0.25, -0.2) is 0 Å². The maximum absolute atomic E-state index is 11.3. The number of hydrogen-bond donors (Lipinski definition) is 0. The monoisotopic (exact) mass is 391 g/mol. The summed E-state index contributed by atoms with van der Waals surface area (Å²) in [5.74, 6) is 4.68. The zero-order valence-electron chi connectivity index (χ0n) is 9.70. The van der Waals surface area contributed by atoms with Gasteiger partial charge in [-0.05, 0) is 0 Å². The van der Waals surface area contributed by atoms with Gasteiger partial charge in [0.25, 0.3) is 0 Å². The van der Waals surface area contributed by atoms with Crippen molar-refractivity contribution in [3.05, 3.63) is 5.73 Å². The summed E-state index contributed by atoms with van der Waals surface area (Å²) in [6, 6.07) is 0. The Balaban J connectivity index is -0.000000120. The summed E-state index contributed by atoms with van der Waals surface area (Å²) in [5.41, 5.74) is 6.89. The minimum absolute atomic E-state index is 0. The predicted molar refractivity (Wildman–Crippen MR) is 59.9 cm³/mol. The number of terminal acetylenes is 2. The van der Waals surface area contributed by atoms with E-state index in [-0.39, 0.29) is 102 Å². The van der Waals surface area contributed by atoms with E-state index in [0.717, 1.165) is 0 Å². The molecule has 0 rings (SSSR count). The summed E-state index contributed by atoms with van der Waals surface area (Å²) in [6.07, 6.45) is 11.1. The first-order valence-corrected chi connectivity index (χ1v) is 4.05. The molecule has 5 N–H and O–H groups in total. The second kappa shape index (κ2) is 21.9. The first-order valence-electron chi connectivity index (χ1n) is 4.05. The molecule has 0 unspecified atom stereocenters. The van der Waals surface area contributed by atoms with Gasteiger partial charge >= 0.3 is 0 Å². The van der Waals surface area contributed by atoms with Crippen LogP contribution < -0.4 is 0 Å². The molecule has 0 aromatic rings. The molecule has 7 heteroatoms. The molecule has 0 aromatic carbocycles. The average molecular weight is 391 g/mol. The van der Waals surface area contributed by atoms with Gasteiger partial charge < -0.3 is 21.6 Å². The van der Waals surface area contributed by atoms with Crippen LogP contribution in [0.4, 0.5) is 0 Å². The van der Waals surface area contributed by atoms with E-state index in [1.165, 1.54) is 4.90 Å². The molecule has 0 aliphatic heterocycles. The molecule has 1 amide bonds. The Labute approximate surface area is 153 Å². The number of carbonyl (C=O) groups is 1. The maximum atomic E-state index is 11.3. The standard InChI is InChI=1S/C10H13N2O.2H2O.2Y/c1-3-8-12(9-4-2)10(13)6-5-7-11;;;;/h1-2,11H,5-9H2;2*1H2;;/q-1;;;;. The van der Waals surface area contributed by atoms with Crippen molar-refractivity contribution in [3.8, 4) is 24.7 Å². The first kappa shape index (κ1) is 30.6. The van der Waals surface area contributed by atoms with E-state index in [4.69, 9.17) is 18.6 Å². The molecule has 0 heterocycles. The van der Waals surface area contributed by atoms with Gasteiger partial charge in [-0.1, -0.05) is 18.3 Å². The molecule has 0 aliphatic carbocycles. The predicted octanol–water partition coefficient (Wildman–Crippen LogP) is -0.741. The van der Waals surface area contributed by atoms with Crippen molar-refractivity contribution in [1.82, 2.24) is 4.90 Å². The van der Waals surface area contributed by atoms with Crippen LogP contribution in [0.15, 0.2) is 0 Å². The van der Waals surface area contributed by atoms with Crippen molar-refractivity contribution in [2.45, 2.75) is 12.8 Å². The van der Waals surface area contributed by atoms with E-state index in [2.05, 4.69) is 11.8 Å². The quantitative estimate of drug-likeness (QED) is 0.566. The summed E-state index contributed by atoms with van der Waals surface area (Å²) in [7, 11) is 0. The summed E-state index contributed by atoms with van der Waals surface area (Å²) < 4.78 is 0. The number of rotatable bonds is 5. The van der Waals surface area contributed by atoms with E-state index in [0.29, 0.717) is 12.8 Å². The third-order valence-corrected chi connectivity index (χ3v) is 1.48. The number of amides is 1. The smallest absolute Gasteiger partial charge is 0.224 e. The molecule has 17 heavy (non-hydrogen) atoms. The Morgan fingerprint density at radius 2 is 1.53 bits per heavy atom.